The van der Waals surface area contributed by atoms with Crippen LogP contribution in [-0.4, -0.2) is 27.6 Å². The van der Waals surface area contributed by atoms with E-state index in [9.17, 15) is 8.42 Å². The van der Waals surface area contributed by atoms with Gasteiger partial charge in [0.1, 0.15) is 11.9 Å². The van der Waals surface area contributed by atoms with Gasteiger partial charge in [-0.25, -0.2) is 8.42 Å². The fraction of sp³-hybridized carbons (Fsp3) is 0.333. The van der Waals surface area contributed by atoms with Gasteiger partial charge in [-0.05, 0) is 44.2 Å². The van der Waals surface area contributed by atoms with E-state index in [1.165, 1.54) is 0 Å². The Hall–Kier alpha value is -1.56. The number of benzene rings is 2. The van der Waals surface area contributed by atoms with E-state index in [0.717, 1.165) is 36.4 Å². The molecule has 4 rings (SSSR count). The zero-order chi connectivity index (χ0) is 16.0. The molecule has 0 unspecified atom stereocenters. The molecule has 1 saturated heterocycles. The van der Waals surface area contributed by atoms with Gasteiger partial charge >= 0.3 is 0 Å². The Morgan fingerprint density at radius 3 is 2.54 bits per heavy atom. The lowest BCUT2D eigenvalue weighted by atomic mass is 9.90. The molecule has 24 heavy (non-hydrogen) atoms. The second kappa shape index (κ2) is 6.39. The standard InChI is InChI=1S/C18H19NO3S.ClH/c1-12-2-4-13(5-3-12)23(20,21)14-6-7-15-16-8-9-19-11-18(16)22-17(15)10-14;/h2-7,10,16,18-19H,8-9,11H2,1H3;1H/t16-,18-;/m0./s1. The van der Waals surface area contributed by atoms with Gasteiger partial charge in [-0.2, -0.15) is 0 Å². The SMILES string of the molecule is Cc1ccc(S(=O)(=O)c2ccc3c(c2)O[C@H]2CNCC[C@@H]32)cc1.Cl. The first-order chi connectivity index (χ1) is 11.1. The highest BCUT2D eigenvalue weighted by Crippen LogP contribution is 2.42. The van der Waals surface area contributed by atoms with Crippen LogP contribution in [0.25, 0.3) is 0 Å². The molecule has 0 bridgehead atoms. The maximum Gasteiger partial charge on any atom is 0.206 e. The van der Waals surface area contributed by atoms with Gasteiger partial charge in [0.15, 0.2) is 0 Å². The number of nitrogens with one attached hydrogen (secondary N) is 1. The number of ether oxygens (including phenoxy) is 1. The molecule has 0 radical (unpaired) electrons. The molecule has 4 nitrogen and oxygen atoms in total. The number of rotatable bonds is 2. The molecule has 0 amide bonds. The third-order valence-corrected chi connectivity index (χ3v) is 6.50. The molecule has 0 aliphatic carbocycles. The maximum absolute atomic E-state index is 12.8. The molecule has 2 aromatic rings. The van der Waals surface area contributed by atoms with E-state index in [-0.39, 0.29) is 18.5 Å². The lowest BCUT2D eigenvalue weighted by molar-refractivity contribution is 0.176. The third-order valence-electron chi connectivity index (χ3n) is 4.73. The van der Waals surface area contributed by atoms with E-state index in [0.29, 0.717) is 15.7 Å². The van der Waals surface area contributed by atoms with E-state index in [1.54, 1.807) is 24.3 Å². The van der Waals surface area contributed by atoms with Crippen LogP contribution >= 0.6 is 12.4 Å². The van der Waals surface area contributed by atoms with Gasteiger partial charge in [0.05, 0.1) is 9.79 Å². The molecular weight excluding hydrogens is 346 g/mol. The fourth-order valence-electron chi connectivity index (χ4n) is 3.42. The predicted molar refractivity (Wildman–Crippen MR) is 95.0 cm³/mol. The zero-order valence-electron chi connectivity index (χ0n) is 13.4. The van der Waals surface area contributed by atoms with Crippen LogP contribution in [0.3, 0.4) is 0 Å². The van der Waals surface area contributed by atoms with Crippen LogP contribution in [0.4, 0.5) is 0 Å². The summed E-state index contributed by atoms with van der Waals surface area (Å²) in [5.74, 6) is 1.10. The summed E-state index contributed by atoms with van der Waals surface area (Å²) in [7, 11) is -3.51. The molecule has 0 saturated carbocycles. The molecule has 2 aliphatic heterocycles. The second-order valence-electron chi connectivity index (χ2n) is 6.27. The Morgan fingerprint density at radius 2 is 1.79 bits per heavy atom. The highest BCUT2D eigenvalue weighted by atomic mass is 35.5. The van der Waals surface area contributed by atoms with Crippen molar-refractivity contribution >= 4 is 22.2 Å². The third kappa shape index (κ3) is 2.81. The van der Waals surface area contributed by atoms with E-state index >= 15 is 0 Å². The summed E-state index contributed by atoms with van der Waals surface area (Å²) in [5.41, 5.74) is 2.18. The molecule has 2 aromatic carbocycles. The van der Waals surface area contributed by atoms with Crippen molar-refractivity contribution in [3.05, 3.63) is 53.6 Å². The van der Waals surface area contributed by atoms with E-state index in [4.69, 9.17) is 4.74 Å². The van der Waals surface area contributed by atoms with Crippen LogP contribution in [0.5, 0.6) is 5.75 Å². The van der Waals surface area contributed by atoms with Crippen molar-refractivity contribution in [2.24, 2.45) is 0 Å². The Bertz CT molecular complexity index is 849. The predicted octanol–water partition coefficient (Wildman–Crippen LogP) is 3.09. The normalized spacial score (nSPS) is 22.0. The summed E-state index contributed by atoms with van der Waals surface area (Å²) in [6.07, 6.45) is 1.15. The van der Waals surface area contributed by atoms with Crippen LogP contribution in [0.15, 0.2) is 52.3 Å². The zero-order valence-corrected chi connectivity index (χ0v) is 15.0. The number of hydrogen-bond acceptors (Lipinski definition) is 4. The summed E-state index contributed by atoms with van der Waals surface area (Å²) in [4.78, 5) is 0.617. The van der Waals surface area contributed by atoms with Gasteiger partial charge in [-0.3, -0.25) is 0 Å². The average Bonchev–Trinajstić information content (AvgIpc) is 2.93. The van der Waals surface area contributed by atoms with Gasteiger partial charge < -0.3 is 10.1 Å². The minimum Gasteiger partial charge on any atom is -0.488 e. The highest BCUT2D eigenvalue weighted by molar-refractivity contribution is 7.91. The lowest BCUT2D eigenvalue weighted by Gasteiger charge is -2.24. The molecule has 1 fully saturated rings. The van der Waals surface area contributed by atoms with Crippen molar-refractivity contribution in [1.82, 2.24) is 5.32 Å². The monoisotopic (exact) mass is 365 g/mol. The molecule has 0 spiro atoms. The van der Waals surface area contributed by atoms with E-state index < -0.39 is 9.84 Å². The summed E-state index contributed by atoms with van der Waals surface area (Å²) in [6.45, 7) is 3.74. The van der Waals surface area contributed by atoms with Crippen molar-refractivity contribution in [3.63, 3.8) is 0 Å². The summed E-state index contributed by atoms with van der Waals surface area (Å²) >= 11 is 0. The topological polar surface area (TPSA) is 55.4 Å². The molecule has 6 heteroatoms. The smallest absolute Gasteiger partial charge is 0.206 e. The molecule has 1 N–H and O–H groups in total. The number of fused-ring (bicyclic) bond motifs is 3. The Balaban J connectivity index is 0.00000169. The Morgan fingerprint density at radius 1 is 1.08 bits per heavy atom. The highest BCUT2D eigenvalue weighted by Gasteiger charge is 2.36. The maximum atomic E-state index is 12.8. The van der Waals surface area contributed by atoms with Crippen LogP contribution in [0.1, 0.15) is 23.5 Å². The minimum atomic E-state index is -3.51. The Kier molecular flexibility index (Phi) is 4.60. The minimum absolute atomic E-state index is 0. The van der Waals surface area contributed by atoms with Gasteiger partial charge in [-0.1, -0.05) is 23.8 Å². The largest absolute Gasteiger partial charge is 0.488 e. The number of halogens is 1. The lowest BCUT2D eigenvalue weighted by Crippen LogP contribution is -2.39. The summed E-state index contributed by atoms with van der Waals surface area (Å²) < 4.78 is 31.6. The van der Waals surface area contributed by atoms with Gasteiger partial charge in [0, 0.05) is 18.0 Å². The number of aryl methyl sites for hydroxylation is 1. The first-order valence-electron chi connectivity index (χ1n) is 7.89. The van der Waals surface area contributed by atoms with Crippen LogP contribution < -0.4 is 10.1 Å². The molecule has 0 aromatic heterocycles. The Labute approximate surface area is 148 Å². The fourth-order valence-corrected chi connectivity index (χ4v) is 4.69. The van der Waals surface area contributed by atoms with Crippen molar-refractivity contribution in [2.45, 2.75) is 35.2 Å². The van der Waals surface area contributed by atoms with Crippen molar-refractivity contribution in [1.29, 1.82) is 0 Å². The second-order valence-corrected chi connectivity index (χ2v) is 8.22. The molecule has 2 aliphatic rings. The average molecular weight is 366 g/mol. The summed E-state index contributed by atoms with van der Waals surface area (Å²) in [5, 5.41) is 3.32. The first kappa shape index (κ1) is 17.3. The van der Waals surface area contributed by atoms with Crippen LogP contribution in [0.2, 0.25) is 0 Å². The molecular formula is C18H20ClNO3S. The number of sulfone groups is 1. The van der Waals surface area contributed by atoms with Gasteiger partial charge in [0.2, 0.25) is 9.84 Å². The molecule has 2 atom stereocenters. The summed E-state index contributed by atoms with van der Waals surface area (Å²) in [6, 6.07) is 12.3. The number of piperidine rings is 1. The van der Waals surface area contributed by atoms with Gasteiger partial charge in [-0.15, -0.1) is 12.4 Å². The quantitative estimate of drug-likeness (QED) is 0.888. The first-order valence-corrected chi connectivity index (χ1v) is 9.37. The van der Waals surface area contributed by atoms with Crippen molar-refractivity contribution in [2.75, 3.05) is 13.1 Å². The van der Waals surface area contributed by atoms with Crippen LogP contribution in [0, 0.1) is 6.92 Å². The van der Waals surface area contributed by atoms with Gasteiger partial charge in [0.25, 0.3) is 0 Å². The van der Waals surface area contributed by atoms with Crippen molar-refractivity contribution in [3.8, 4) is 5.75 Å². The van der Waals surface area contributed by atoms with E-state index in [1.807, 2.05) is 25.1 Å². The molecule has 128 valence electrons. The van der Waals surface area contributed by atoms with Crippen LogP contribution in [-0.2, 0) is 9.84 Å². The number of hydrogen-bond donors (Lipinski definition) is 1. The molecule has 2 heterocycles. The van der Waals surface area contributed by atoms with Crippen molar-refractivity contribution < 1.29 is 13.2 Å². The van der Waals surface area contributed by atoms with E-state index in [2.05, 4.69) is 5.32 Å².